The number of nitrogens with one attached hydrogen (secondary N) is 2. The molecule has 0 fully saturated rings. The van der Waals surface area contributed by atoms with E-state index in [4.69, 9.17) is 14.7 Å². The molecule has 0 saturated heterocycles. The van der Waals surface area contributed by atoms with Gasteiger partial charge >= 0.3 is 5.97 Å². The first-order valence-corrected chi connectivity index (χ1v) is 9.33. The third-order valence-electron chi connectivity index (χ3n) is 4.02. The van der Waals surface area contributed by atoms with Gasteiger partial charge in [-0.1, -0.05) is 44.2 Å². The Morgan fingerprint density at radius 1 is 0.967 bits per heavy atom. The minimum absolute atomic E-state index is 0.258. The zero-order valence-electron chi connectivity index (χ0n) is 16.8. The predicted octanol–water partition coefficient (Wildman–Crippen LogP) is 2.26. The molecule has 0 aliphatic heterocycles. The van der Waals surface area contributed by atoms with Crippen LogP contribution in [0.2, 0.25) is 0 Å². The van der Waals surface area contributed by atoms with Crippen LogP contribution in [0.15, 0.2) is 54.6 Å². The molecule has 0 heterocycles. The third-order valence-corrected chi connectivity index (χ3v) is 4.02. The van der Waals surface area contributed by atoms with Crippen LogP contribution in [0.25, 0.3) is 0 Å². The van der Waals surface area contributed by atoms with Crippen LogP contribution >= 0.6 is 0 Å². The highest BCUT2D eigenvalue weighted by atomic mass is 16.5. The molecule has 0 bridgehead atoms. The van der Waals surface area contributed by atoms with Gasteiger partial charge in [0.25, 0.3) is 11.8 Å². The van der Waals surface area contributed by atoms with E-state index in [0.29, 0.717) is 17.0 Å². The van der Waals surface area contributed by atoms with Gasteiger partial charge in [0.1, 0.15) is 17.9 Å². The summed E-state index contributed by atoms with van der Waals surface area (Å²) < 4.78 is 10.4. The lowest BCUT2D eigenvalue weighted by molar-refractivity contribution is -0.152. The van der Waals surface area contributed by atoms with Gasteiger partial charge in [-0.3, -0.25) is 9.59 Å². The molecule has 1 atom stereocenters. The van der Waals surface area contributed by atoms with Crippen molar-refractivity contribution in [3.63, 3.8) is 0 Å². The van der Waals surface area contributed by atoms with Crippen molar-refractivity contribution in [2.24, 2.45) is 5.92 Å². The van der Waals surface area contributed by atoms with Crippen molar-refractivity contribution in [3.05, 3.63) is 60.2 Å². The summed E-state index contributed by atoms with van der Waals surface area (Å²) >= 11 is 0. The smallest absolute Gasteiger partial charge is 0.329 e. The minimum Gasteiger partial charge on any atom is -0.484 e. The Hall–Kier alpha value is -3.86. The summed E-state index contributed by atoms with van der Waals surface area (Å²) in [6.07, 6.45) is 0. The molecule has 30 heavy (non-hydrogen) atoms. The zero-order chi connectivity index (χ0) is 21.9. The number of hydrogen-bond donors (Lipinski definition) is 2. The number of nitriles is 1. The van der Waals surface area contributed by atoms with Crippen molar-refractivity contribution in [1.29, 1.82) is 5.26 Å². The fourth-order valence-electron chi connectivity index (χ4n) is 2.48. The van der Waals surface area contributed by atoms with Crippen LogP contribution in [0.4, 0.5) is 5.69 Å². The molecule has 0 radical (unpaired) electrons. The maximum Gasteiger partial charge on any atom is 0.329 e. The van der Waals surface area contributed by atoms with E-state index in [2.05, 4.69) is 10.6 Å². The van der Waals surface area contributed by atoms with Crippen LogP contribution in [0.5, 0.6) is 5.75 Å². The quantitative estimate of drug-likeness (QED) is 0.614. The van der Waals surface area contributed by atoms with Crippen LogP contribution in [0.1, 0.15) is 19.4 Å². The lowest BCUT2D eigenvalue weighted by atomic mass is 10.0. The third kappa shape index (κ3) is 6.95. The van der Waals surface area contributed by atoms with Gasteiger partial charge in [-0.05, 0) is 30.2 Å². The van der Waals surface area contributed by atoms with E-state index in [1.165, 1.54) is 0 Å². The molecule has 2 amide bonds. The van der Waals surface area contributed by atoms with Crippen molar-refractivity contribution in [2.75, 3.05) is 18.5 Å². The summed E-state index contributed by atoms with van der Waals surface area (Å²) in [4.78, 5) is 36.6. The van der Waals surface area contributed by atoms with Gasteiger partial charge in [0, 0.05) is 0 Å². The van der Waals surface area contributed by atoms with Crippen LogP contribution in [0, 0.1) is 17.2 Å². The predicted molar refractivity (Wildman–Crippen MR) is 109 cm³/mol. The standard InChI is InChI=1S/C22H23N3O5/c1-15(2)21(25-20(27)13-29-17-9-4-3-5-10-17)22(28)30-14-19(26)24-18-11-7-6-8-16(18)12-23/h3-11,15,21H,13-14H2,1-2H3,(H,24,26)(H,25,27)/t21-/m0/s1. The van der Waals surface area contributed by atoms with Gasteiger partial charge in [0.15, 0.2) is 13.2 Å². The molecule has 0 aromatic heterocycles. The first-order valence-electron chi connectivity index (χ1n) is 9.33. The van der Waals surface area contributed by atoms with Crippen molar-refractivity contribution >= 4 is 23.5 Å². The second-order valence-corrected chi connectivity index (χ2v) is 6.70. The van der Waals surface area contributed by atoms with Crippen molar-refractivity contribution in [1.82, 2.24) is 5.32 Å². The van der Waals surface area contributed by atoms with Crippen molar-refractivity contribution < 1.29 is 23.9 Å². The molecule has 2 aromatic carbocycles. The number of esters is 1. The molecule has 156 valence electrons. The maximum atomic E-state index is 12.4. The Labute approximate surface area is 174 Å². The van der Waals surface area contributed by atoms with Gasteiger partial charge in [0.05, 0.1) is 11.3 Å². The maximum absolute atomic E-state index is 12.4. The number of rotatable bonds is 9. The molecular weight excluding hydrogens is 386 g/mol. The second kappa shape index (κ2) is 11.2. The van der Waals surface area contributed by atoms with E-state index in [-0.39, 0.29) is 12.5 Å². The number of carbonyl (C=O) groups excluding carboxylic acids is 3. The molecule has 2 aromatic rings. The Bertz CT molecular complexity index is 922. The average molecular weight is 409 g/mol. The molecule has 2 rings (SSSR count). The van der Waals surface area contributed by atoms with Gasteiger partial charge in [0.2, 0.25) is 0 Å². The Morgan fingerprint density at radius 2 is 1.63 bits per heavy atom. The molecule has 0 unspecified atom stereocenters. The normalized spacial score (nSPS) is 11.1. The van der Waals surface area contributed by atoms with E-state index in [9.17, 15) is 14.4 Å². The summed E-state index contributed by atoms with van der Waals surface area (Å²) in [6.45, 7) is 2.69. The van der Waals surface area contributed by atoms with E-state index in [1.807, 2.05) is 12.1 Å². The summed E-state index contributed by atoms with van der Waals surface area (Å²) in [5.74, 6) is -1.54. The Balaban J connectivity index is 1.85. The molecule has 0 saturated carbocycles. The molecule has 2 N–H and O–H groups in total. The Kier molecular flexibility index (Phi) is 8.39. The molecule has 0 spiro atoms. The summed E-state index contributed by atoms with van der Waals surface area (Å²) in [5, 5.41) is 14.1. The number of para-hydroxylation sites is 2. The largest absolute Gasteiger partial charge is 0.484 e. The molecule has 8 nitrogen and oxygen atoms in total. The summed E-state index contributed by atoms with van der Waals surface area (Å²) in [6, 6.07) is 16.3. The van der Waals surface area contributed by atoms with E-state index >= 15 is 0 Å². The first-order chi connectivity index (χ1) is 14.4. The van der Waals surface area contributed by atoms with Crippen molar-refractivity contribution in [3.8, 4) is 11.8 Å². The number of anilines is 1. The fourth-order valence-corrected chi connectivity index (χ4v) is 2.48. The van der Waals surface area contributed by atoms with E-state index in [0.717, 1.165) is 0 Å². The minimum atomic E-state index is -0.934. The van der Waals surface area contributed by atoms with Gasteiger partial charge < -0.3 is 20.1 Å². The lowest BCUT2D eigenvalue weighted by Crippen LogP contribution is -2.47. The van der Waals surface area contributed by atoms with Gasteiger partial charge in [-0.25, -0.2) is 4.79 Å². The van der Waals surface area contributed by atoms with Gasteiger partial charge in [-0.2, -0.15) is 5.26 Å². The SMILES string of the molecule is CC(C)[C@H](NC(=O)COc1ccccc1)C(=O)OCC(=O)Nc1ccccc1C#N. The Morgan fingerprint density at radius 3 is 2.30 bits per heavy atom. The summed E-state index contributed by atoms with van der Waals surface area (Å²) in [5.41, 5.74) is 0.621. The molecule has 8 heteroatoms. The van der Waals surface area contributed by atoms with E-state index < -0.39 is 30.4 Å². The number of nitrogens with zero attached hydrogens (tertiary/aromatic N) is 1. The van der Waals surface area contributed by atoms with Crippen LogP contribution in [-0.4, -0.2) is 37.0 Å². The second-order valence-electron chi connectivity index (χ2n) is 6.70. The molecule has 0 aliphatic carbocycles. The monoisotopic (exact) mass is 409 g/mol. The highest BCUT2D eigenvalue weighted by molar-refractivity contribution is 5.94. The highest BCUT2D eigenvalue weighted by Gasteiger charge is 2.26. The number of carbonyl (C=O) groups is 3. The number of amides is 2. The lowest BCUT2D eigenvalue weighted by Gasteiger charge is -2.21. The first kappa shape index (κ1) is 22.4. The summed E-state index contributed by atoms with van der Waals surface area (Å²) in [7, 11) is 0. The molecular formula is C22H23N3O5. The van der Waals surface area contributed by atoms with Crippen LogP contribution in [0.3, 0.4) is 0 Å². The fraction of sp³-hybridized carbons (Fsp3) is 0.273. The number of ether oxygens (including phenoxy) is 2. The topological polar surface area (TPSA) is 118 Å². The van der Waals surface area contributed by atoms with Crippen LogP contribution in [-0.2, 0) is 19.1 Å². The highest BCUT2D eigenvalue weighted by Crippen LogP contribution is 2.13. The van der Waals surface area contributed by atoms with E-state index in [1.54, 1.807) is 62.4 Å². The number of hydrogen-bond acceptors (Lipinski definition) is 6. The van der Waals surface area contributed by atoms with Gasteiger partial charge in [-0.15, -0.1) is 0 Å². The average Bonchev–Trinajstić information content (AvgIpc) is 2.75. The molecule has 0 aliphatic rings. The van der Waals surface area contributed by atoms with Crippen LogP contribution < -0.4 is 15.4 Å². The van der Waals surface area contributed by atoms with Crippen molar-refractivity contribution in [2.45, 2.75) is 19.9 Å². The zero-order valence-corrected chi connectivity index (χ0v) is 16.8. The number of benzene rings is 2.